The number of halogens is 3. The molecule has 0 spiro atoms. The average molecular weight is 314 g/mol. The average Bonchev–Trinajstić information content (AvgIpc) is 3.28. The molecular weight excluding hydrogens is 293 g/mol. The quantitative estimate of drug-likeness (QED) is 0.875. The van der Waals surface area contributed by atoms with Gasteiger partial charge in [0, 0.05) is 12.6 Å². The second-order valence-electron chi connectivity index (χ2n) is 5.79. The maximum Gasteiger partial charge on any atom is 0.416 e. The summed E-state index contributed by atoms with van der Waals surface area (Å²) >= 11 is 0. The zero-order valence-electron chi connectivity index (χ0n) is 12.6. The van der Waals surface area contributed by atoms with Gasteiger partial charge in [-0.15, -0.1) is 0 Å². The molecule has 122 valence electrons. The minimum absolute atomic E-state index is 0.107. The lowest BCUT2D eigenvalue weighted by Gasteiger charge is -2.26. The molecule has 1 aliphatic rings. The van der Waals surface area contributed by atoms with E-state index in [9.17, 15) is 18.0 Å². The third-order valence-electron chi connectivity index (χ3n) is 3.82. The highest BCUT2D eigenvalue weighted by Gasteiger charge is 2.35. The number of nitrogens with zero attached hydrogens (tertiary/aromatic N) is 1. The van der Waals surface area contributed by atoms with Crippen molar-refractivity contribution in [2.75, 3.05) is 0 Å². The van der Waals surface area contributed by atoms with Crippen LogP contribution < -0.4 is 5.73 Å². The Hall–Kier alpha value is -1.56. The van der Waals surface area contributed by atoms with Gasteiger partial charge in [-0.2, -0.15) is 13.2 Å². The first-order valence-electron chi connectivity index (χ1n) is 7.55. The van der Waals surface area contributed by atoms with Gasteiger partial charge in [0.2, 0.25) is 5.91 Å². The molecule has 1 aromatic carbocycles. The fraction of sp³-hybridized carbons (Fsp3) is 0.562. The number of hydrogen-bond acceptors (Lipinski definition) is 2. The highest BCUT2D eigenvalue weighted by atomic mass is 19.4. The van der Waals surface area contributed by atoms with E-state index < -0.39 is 17.8 Å². The highest BCUT2D eigenvalue weighted by Crippen LogP contribution is 2.31. The molecule has 1 fully saturated rings. The summed E-state index contributed by atoms with van der Waals surface area (Å²) in [5.74, 6) is -0.107. The number of amides is 1. The molecule has 1 aliphatic carbocycles. The summed E-state index contributed by atoms with van der Waals surface area (Å²) in [6.45, 7) is 2.28. The molecule has 0 aromatic heterocycles. The number of benzene rings is 1. The van der Waals surface area contributed by atoms with Gasteiger partial charge in [0.1, 0.15) is 0 Å². The summed E-state index contributed by atoms with van der Waals surface area (Å²) in [4.78, 5) is 14.1. The lowest BCUT2D eigenvalue weighted by atomic mass is 10.1. The number of nitrogens with two attached hydrogens (primary N) is 1. The SMILES string of the molecule is CCCC(N)C(=O)N(Cc1ccc(C(F)(F)F)cc1)C1CC1. The molecule has 1 atom stereocenters. The van der Waals surface area contributed by atoms with Crippen LogP contribution in [0.3, 0.4) is 0 Å². The van der Waals surface area contributed by atoms with Gasteiger partial charge < -0.3 is 10.6 Å². The van der Waals surface area contributed by atoms with Crippen LogP contribution in [0.1, 0.15) is 43.7 Å². The van der Waals surface area contributed by atoms with Crippen molar-refractivity contribution in [2.24, 2.45) is 5.73 Å². The number of rotatable bonds is 6. The predicted octanol–water partition coefficient (Wildman–Crippen LogP) is 3.32. The molecule has 1 unspecified atom stereocenters. The third-order valence-corrected chi connectivity index (χ3v) is 3.82. The van der Waals surface area contributed by atoms with Gasteiger partial charge in [-0.3, -0.25) is 4.79 Å². The van der Waals surface area contributed by atoms with Crippen LogP contribution in [0.4, 0.5) is 13.2 Å². The minimum Gasteiger partial charge on any atom is -0.334 e. The van der Waals surface area contributed by atoms with Crippen molar-refractivity contribution in [1.29, 1.82) is 0 Å². The Morgan fingerprint density at radius 3 is 2.36 bits per heavy atom. The maximum absolute atomic E-state index is 12.6. The van der Waals surface area contributed by atoms with Gasteiger partial charge >= 0.3 is 6.18 Å². The van der Waals surface area contributed by atoms with Crippen LogP contribution in [0, 0.1) is 0 Å². The summed E-state index contributed by atoms with van der Waals surface area (Å²) in [6.07, 6.45) is -1.02. The molecule has 2 N–H and O–H groups in total. The van der Waals surface area contributed by atoms with Crippen LogP contribution in [0.25, 0.3) is 0 Å². The Labute approximate surface area is 128 Å². The fourth-order valence-electron chi connectivity index (χ4n) is 2.42. The molecule has 0 aliphatic heterocycles. The van der Waals surface area contributed by atoms with Gasteiger partial charge in [-0.05, 0) is 37.0 Å². The van der Waals surface area contributed by atoms with Crippen molar-refractivity contribution in [3.8, 4) is 0 Å². The lowest BCUT2D eigenvalue weighted by molar-refractivity contribution is -0.137. The second kappa shape index (κ2) is 6.69. The Kier molecular flexibility index (Phi) is 5.11. The summed E-state index contributed by atoms with van der Waals surface area (Å²) in [7, 11) is 0. The van der Waals surface area contributed by atoms with E-state index >= 15 is 0 Å². The van der Waals surface area contributed by atoms with Crippen molar-refractivity contribution >= 4 is 5.91 Å². The molecule has 0 saturated heterocycles. The molecule has 1 saturated carbocycles. The Morgan fingerprint density at radius 1 is 1.32 bits per heavy atom. The van der Waals surface area contributed by atoms with E-state index in [4.69, 9.17) is 5.73 Å². The van der Waals surface area contributed by atoms with E-state index in [1.165, 1.54) is 12.1 Å². The standard InChI is InChI=1S/C16H21F3N2O/c1-2-3-14(20)15(22)21(13-8-9-13)10-11-4-6-12(7-5-11)16(17,18)19/h4-7,13-14H,2-3,8-10,20H2,1H3. The molecule has 0 radical (unpaired) electrons. The zero-order chi connectivity index (χ0) is 16.3. The van der Waals surface area contributed by atoms with Crippen molar-refractivity contribution in [3.05, 3.63) is 35.4 Å². The molecule has 2 rings (SSSR count). The van der Waals surface area contributed by atoms with Crippen LogP contribution in [-0.4, -0.2) is 22.9 Å². The summed E-state index contributed by atoms with van der Waals surface area (Å²) in [5, 5.41) is 0. The summed E-state index contributed by atoms with van der Waals surface area (Å²) in [6, 6.07) is 4.61. The first kappa shape index (κ1) is 16.8. The van der Waals surface area contributed by atoms with Crippen molar-refractivity contribution < 1.29 is 18.0 Å². The van der Waals surface area contributed by atoms with Crippen LogP contribution in [0.5, 0.6) is 0 Å². The van der Waals surface area contributed by atoms with Crippen LogP contribution in [0.15, 0.2) is 24.3 Å². The highest BCUT2D eigenvalue weighted by molar-refractivity contribution is 5.82. The zero-order valence-corrected chi connectivity index (χ0v) is 12.6. The monoisotopic (exact) mass is 314 g/mol. The van der Waals surface area contributed by atoms with E-state index in [-0.39, 0.29) is 11.9 Å². The molecule has 3 nitrogen and oxygen atoms in total. The first-order valence-corrected chi connectivity index (χ1v) is 7.55. The minimum atomic E-state index is -4.34. The molecule has 0 bridgehead atoms. The fourth-order valence-corrected chi connectivity index (χ4v) is 2.42. The number of hydrogen-bond donors (Lipinski definition) is 1. The summed E-state index contributed by atoms with van der Waals surface area (Å²) in [5.41, 5.74) is 5.90. The van der Waals surface area contributed by atoms with Gasteiger partial charge in [-0.25, -0.2) is 0 Å². The summed E-state index contributed by atoms with van der Waals surface area (Å²) < 4.78 is 37.7. The van der Waals surface area contributed by atoms with E-state index in [0.717, 1.165) is 31.4 Å². The third kappa shape index (κ3) is 4.22. The maximum atomic E-state index is 12.6. The van der Waals surface area contributed by atoms with Gasteiger partial charge in [0.05, 0.1) is 11.6 Å². The number of alkyl halides is 3. The Bertz CT molecular complexity index is 509. The second-order valence-corrected chi connectivity index (χ2v) is 5.79. The van der Waals surface area contributed by atoms with Crippen molar-refractivity contribution in [2.45, 2.75) is 57.4 Å². The van der Waals surface area contributed by atoms with Gasteiger partial charge in [0.25, 0.3) is 0 Å². The van der Waals surface area contributed by atoms with E-state index in [0.29, 0.717) is 18.5 Å². The van der Waals surface area contributed by atoms with E-state index in [1.54, 1.807) is 4.90 Å². The molecule has 1 aromatic rings. The van der Waals surface area contributed by atoms with Gasteiger partial charge in [0.15, 0.2) is 0 Å². The van der Waals surface area contributed by atoms with Crippen molar-refractivity contribution in [3.63, 3.8) is 0 Å². The molecule has 1 amide bonds. The Balaban J connectivity index is 2.07. The Morgan fingerprint density at radius 2 is 1.91 bits per heavy atom. The molecule has 0 heterocycles. The van der Waals surface area contributed by atoms with E-state index in [2.05, 4.69) is 0 Å². The van der Waals surface area contributed by atoms with E-state index in [1.807, 2.05) is 6.92 Å². The number of carbonyl (C=O) groups excluding carboxylic acids is 1. The molecule has 6 heteroatoms. The lowest BCUT2D eigenvalue weighted by Crippen LogP contribution is -2.44. The topological polar surface area (TPSA) is 46.3 Å². The first-order chi connectivity index (χ1) is 10.3. The van der Waals surface area contributed by atoms with Crippen LogP contribution in [0.2, 0.25) is 0 Å². The van der Waals surface area contributed by atoms with Crippen molar-refractivity contribution in [1.82, 2.24) is 4.90 Å². The van der Waals surface area contributed by atoms with Crippen LogP contribution in [-0.2, 0) is 17.5 Å². The van der Waals surface area contributed by atoms with Gasteiger partial charge in [-0.1, -0.05) is 25.5 Å². The smallest absolute Gasteiger partial charge is 0.334 e. The normalized spacial score (nSPS) is 16.4. The van der Waals surface area contributed by atoms with Crippen LogP contribution >= 0.6 is 0 Å². The predicted molar refractivity (Wildman–Crippen MR) is 77.9 cm³/mol. The molecular formula is C16H21F3N2O. The molecule has 22 heavy (non-hydrogen) atoms. The number of carbonyl (C=O) groups is 1. The largest absolute Gasteiger partial charge is 0.416 e.